The van der Waals surface area contributed by atoms with Crippen molar-refractivity contribution in [2.24, 2.45) is 5.73 Å². The fourth-order valence-corrected chi connectivity index (χ4v) is 3.08. The molecule has 0 radical (unpaired) electrons. The van der Waals surface area contributed by atoms with Gasteiger partial charge in [0, 0.05) is 6.04 Å². The van der Waals surface area contributed by atoms with Crippen LogP contribution >= 0.6 is 0 Å². The molecule has 0 saturated heterocycles. The average Bonchev–Trinajstić information content (AvgIpc) is 2.95. The zero-order valence-electron chi connectivity index (χ0n) is 12.7. The molecule has 1 aliphatic carbocycles. The van der Waals surface area contributed by atoms with Crippen LogP contribution in [0.3, 0.4) is 0 Å². The first kappa shape index (κ1) is 14.3. The molecule has 2 unspecified atom stereocenters. The standard InChI is InChI=1S/C17H23N3O/c1-3-14(18)12(2)15-19-16(20-21-15)17(10-7-11-17)13-8-5-4-6-9-13/h4-6,8-9,12,14H,3,7,10-11,18H2,1-2H3. The molecule has 2 N–H and O–H groups in total. The Morgan fingerprint density at radius 3 is 2.57 bits per heavy atom. The second-order valence-electron chi connectivity index (χ2n) is 6.12. The van der Waals surface area contributed by atoms with Crippen molar-refractivity contribution >= 4 is 0 Å². The Balaban J connectivity index is 1.91. The summed E-state index contributed by atoms with van der Waals surface area (Å²) in [6, 6.07) is 10.6. The van der Waals surface area contributed by atoms with Crippen molar-refractivity contribution in [3.8, 4) is 0 Å². The van der Waals surface area contributed by atoms with E-state index in [0.29, 0.717) is 5.89 Å². The average molecular weight is 285 g/mol. The highest BCUT2D eigenvalue weighted by molar-refractivity contribution is 5.35. The molecule has 1 heterocycles. The smallest absolute Gasteiger partial charge is 0.231 e. The van der Waals surface area contributed by atoms with Gasteiger partial charge in [0.05, 0.1) is 11.3 Å². The summed E-state index contributed by atoms with van der Waals surface area (Å²) in [5.41, 5.74) is 7.33. The third-order valence-corrected chi connectivity index (χ3v) is 4.91. The summed E-state index contributed by atoms with van der Waals surface area (Å²) in [6.07, 6.45) is 4.29. The van der Waals surface area contributed by atoms with Gasteiger partial charge in [0.2, 0.25) is 5.89 Å². The molecule has 21 heavy (non-hydrogen) atoms. The lowest BCUT2D eigenvalue weighted by Gasteiger charge is -2.39. The molecule has 2 aromatic rings. The van der Waals surface area contributed by atoms with Crippen LogP contribution in [0.25, 0.3) is 0 Å². The van der Waals surface area contributed by atoms with Gasteiger partial charge >= 0.3 is 0 Å². The number of nitrogens with zero attached hydrogens (tertiary/aromatic N) is 2. The summed E-state index contributed by atoms with van der Waals surface area (Å²) in [5, 5.41) is 4.28. The van der Waals surface area contributed by atoms with E-state index in [0.717, 1.165) is 25.1 Å². The molecule has 0 amide bonds. The molecule has 1 aromatic heterocycles. The number of aromatic nitrogens is 2. The molecule has 0 bridgehead atoms. The third-order valence-electron chi connectivity index (χ3n) is 4.91. The number of rotatable bonds is 5. The van der Waals surface area contributed by atoms with Crippen LogP contribution in [0.5, 0.6) is 0 Å². The fraction of sp³-hybridized carbons (Fsp3) is 0.529. The van der Waals surface area contributed by atoms with E-state index in [1.165, 1.54) is 12.0 Å². The minimum absolute atomic E-state index is 0.0565. The van der Waals surface area contributed by atoms with Crippen LogP contribution < -0.4 is 5.73 Å². The summed E-state index contributed by atoms with van der Waals surface area (Å²) in [5.74, 6) is 1.59. The van der Waals surface area contributed by atoms with Gasteiger partial charge in [-0.15, -0.1) is 0 Å². The summed E-state index contributed by atoms with van der Waals surface area (Å²) >= 11 is 0. The van der Waals surface area contributed by atoms with E-state index in [1.54, 1.807) is 0 Å². The lowest BCUT2D eigenvalue weighted by Crippen LogP contribution is -2.36. The second-order valence-corrected chi connectivity index (χ2v) is 6.12. The van der Waals surface area contributed by atoms with Gasteiger partial charge in [-0.2, -0.15) is 4.98 Å². The molecule has 112 valence electrons. The van der Waals surface area contributed by atoms with Crippen LogP contribution in [-0.2, 0) is 5.41 Å². The maximum absolute atomic E-state index is 6.10. The van der Waals surface area contributed by atoms with Crippen LogP contribution in [0.2, 0.25) is 0 Å². The summed E-state index contributed by atoms with van der Waals surface area (Å²) in [7, 11) is 0. The monoisotopic (exact) mass is 285 g/mol. The molecule has 0 aliphatic heterocycles. The highest BCUT2D eigenvalue weighted by Crippen LogP contribution is 2.47. The van der Waals surface area contributed by atoms with Crippen LogP contribution in [0, 0.1) is 0 Å². The van der Waals surface area contributed by atoms with Crippen molar-refractivity contribution in [1.29, 1.82) is 0 Å². The first-order valence-corrected chi connectivity index (χ1v) is 7.82. The Kier molecular flexibility index (Phi) is 3.81. The molecule has 1 fully saturated rings. The van der Waals surface area contributed by atoms with Crippen molar-refractivity contribution in [3.63, 3.8) is 0 Å². The van der Waals surface area contributed by atoms with Gasteiger partial charge in [-0.3, -0.25) is 0 Å². The van der Waals surface area contributed by atoms with Gasteiger partial charge in [-0.25, -0.2) is 0 Å². The van der Waals surface area contributed by atoms with Crippen molar-refractivity contribution in [1.82, 2.24) is 10.1 Å². The molecule has 4 nitrogen and oxygen atoms in total. The van der Waals surface area contributed by atoms with Gasteiger partial charge in [0.1, 0.15) is 0 Å². The summed E-state index contributed by atoms with van der Waals surface area (Å²) in [6.45, 7) is 4.14. The molecule has 0 spiro atoms. The van der Waals surface area contributed by atoms with Crippen LogP contribution in [0.15, 0.2) is 34.9 Å². The Morgan fingerprint density at radius 1 is 1.29 bits per heavy atom. The molecule has 1 saturated carbocycles. The highest BCUT2D eigenvalue weighted by atomic mass is 16.5. The minimum Gasteiger partial charge on any atom is -0.339 e. The highest BCUT2D eigenvalue weighted by Gasteiger charge is 2.44. The zero-order valence-corrected chi connectivity index (χ0v) is 12.7. The van der Waals surface area contributed by atoms with Crippen molar-refractivity contribution in [2.45, 2.75) is 56.9 Å². The molecule has 1 aliphatic rings. The second kappa shape index (κ2) is 5.60. The van der Waals surface area contributed by atoms with E-state index in [1.807, 2.05) is 6.07 Å². The molecule has 2 atom stereocenters. The Bertz CT molecular complexity index is 589. The number of hydrogen-bond acceptors (Lipinski definition) is 4. The molecular weight excluding hydrogens is 262 g/mol. The van der Waals surface area contributed by atoms with Gasteiger partial charge in [0.25, 0.3) is 0 Å². The predicted octanol–water partition coefficient (Wildman–Crippen LogP) is 3.38. The first-order chi connectivity index (χ1) is 10.2. The van der Waals surface area contributed by atoms with E-state index >= 15 is 0 Å². The van der Waals surface area contributed by atoms with Crippen molar-refractivity contribution in [2.75, 3.05) is 0 Å². The van der Waals surface area contributed by atoms with E-state index in [9.17, 15) is 0 Å². The lowest BCUT2D eigenvalue weighted by molar-refractivity contribution is 0.269. The van der Waals surface area contributed by atoms with E-state index in [2.05, 4.69) is 43.3 Å². The maximum atomic E-state index is 6.10. The van der Waals surface area contributed by atoms with Crippen LogP contribution in [0.1, 0.15) is 62.7 Å². The number of nitrogens with two attached hydrogens (primary N) is 1. The maximum Gasteiger partial charge on any atom is 0.231 e. The van der Waals surface area contributed by atoms with E-state index in [-0.39, 0.29) is 17.4 Å². The van der Waals surface area contributed by atoms with Gasteiger partial charge in [0.15, 0.2) is 5.82 Å². The van der Waals surface area contributed by atoms with Crippen molar-refractivity contribution in [3.05, 3.63) is 47.6 Å². The van der Waals surface area contributed by atoms with E-state index < -0.39 is 0 Å². The lowest BCUT2D eigenvalue weighted by atomic mass is 9.64. The Hall–Kier alpha value is -1.68. The molecular formula is C17H23N3O. The van der Waals surface area contributed by atoms with E-state index in [4.69, 9.17) is 15.2 Å². The third kappa shape index (κ3) is 2.38. The number of hydrogen-bond donors (Lipinski definition) is 1. The largest absolute Gasteiger partial charge is 0.339 e. The quantitative estimate of drug-likeness (QED) is 0.914. The summed E-state index contributed by atoms with van der Waals surface area (Å²) < 4.78 is 5.51. The molecule has 4 heteroatoms. The predicted molar refractivity (Wildman–Crippen MR) is 82.1 cm³/mol. The van der Waals surface area contributed by atoms with Gasteiger partial charge < -0.3 is 10.3 Å². The van der Waals surface area contributed by atoms with Gasteiger partial charge in [-0.1, -0.05) is 55.8 Å². The number of benzene rings is 1. The first-order valence-electron chi connectivity index (χ1n) is 7.82. The topological polar surface area (TPSA) is 64.9 Å². The SMILES string of the molecule is CCC(N)C(C)c1nc(C2(c3ccccc3)CCC2)no1. The Labute approximate surface area is 125 Å². The van der Waals surface area contributed by atoms with Crippen LogP contribution in [0.4, 0.5) is 0 Å². The van der Waals surface area contributed by atoms with Gasteiger partial charge in [-0.05, 0) is 24.8 Å². The zero-order chi connectivity index (χ0) is 14.9. The van der Waals surface area contributed by atoms with Crippen molar-refractivity contribution < 1.29 is 4.52 Å². The fourth-order valence-electron chi connectivity index (χ4n) is 3.08. The molecule has 3 rings (SSSR count). The Morgan fingerprint density at radius 2 is 2.00 bits per heavy atom. The molecule has 1 aromatic carbocycles. The normalized spacial score (nSPS) is 19.8. The minimum atomic E-state index is -0.0565. The van der Waals surface area contributed by atoms with Crippen LogP contribution in [-0.4, -0.2) is 16.2 Å². The summed E-state index contributed by atoms with van der Waals surface area (Å²) in [4.78, 5) is 4.69.